The number of amides is 1. The first kappa shape index (κ1) is 14.6. The standard InChI is InChI=1S/C15H17N3O3/c1-16-12-6-7-17-9-11(12)15(19)18-10-4-5-13(20-2)14(8-10)21-3/h4-9H,1-3H3,(H,16,17)(H,18,19). The van der Waals surface area contributed by atoms with Gasteiger partial charge >= 0.3 is 0 Å². The minimum absolute atomic E-state index is 0.250. The van der Waals surface area contributed by atoms with Gasteiger partial charge in [-0.15, -0.1) is 0 Å². The van der Waals surface area contributed by atoms with E-state index in [1.54, 1.807) is 51.7 Å². The molecular formula is C15H17N3O3. The van der Waals surface area contributed by atoms with Crippen molar-refractivity contribution in [1.82, 2.24) is 4.98 Å². The molecule has 2 N–H and O–H groups in total. The predicted molar refractivity (Wildman–Crippen MR) is 81.3 cm³/mol. The third-order valence-corrected chi connectivity index (χ3v) is 2.98. The summed E-state index contributed by atoms with van der Waals surface area (Å²) < 4.78 is 10.4. The van der Waals surface area contributed by atoms with E-state index in [1.807, 2.05) is 0 Å². The number of carbonyl (C=O) groups excluding carboxylic acids is 1. The van der Waals surface area contributed by atoms with Gasteiger partial charge in [0, 0.05) is 36.9 Å². The molecule has 0 saturated heterocycles. The van der Waals surface area contributed by atoms with Gasteiger partial charge in [0.1, 0.15) is 0 Å². The Balaban J connectivity index is 2.23. The van der Waals surface area contributed by atoms with E-state index in [2.05, 4.69) is 15.6 Å². The van der Waals surface area contributed by atoms with Gasteiger partial charge in [0.15, 0.2) is 11.5 Å². The van der Waals surface area contributed by atoms with Gasteiger partial charge in [-0.1, -0.05) is 0 Å². The second-order valence-electron chi connectivity index (χ2n) is 4.20. The largest absolute Gasteiger partial charge is 0.493 e. The minimum atomic E-state index is -0.250. The number of ether oxygens (including phenoxy) is 2. The van der Waals surface area contributed by atoms with Crippen LogP contribution in [0.15, 0.2) is 36.7 Å². The van der Waals surface area contributed by atoms with Gasteiger partial charge in [0.05, 0.1) is 19.8 Å². The van der Waals surface area contributed by atoms with Crippen LogP contribution in [-0.2, 0) is 0 Å². The number of carbonyl (C=O) groups is 1. The molecule has 2 aromatic rings. The molecule has 0 unspecified atom stereocenters. The van der Waals surface area contributed by atoms with Crippen LogP contribution >= 0.6 is 0 Å². The Kier molecular flexibility index (Phi) is 4.61. The molecule has 0 aliphatic heterocycles. The normalized spacial score (nSPS) is 9.86. The van der Waals surface area contributed by atoms with Crippen LogP contribution in [0.2, 0.25) is 0 Å². The van der Waals surface area contributed by atoms with E-state index in [0.717, 1.165) is 0 Å². The first-order chi connectivity index (χ1) is 10.2. The number of nitrogens with one attached hydrogen (secondary N) is 2. The molecule has 21 heavy (non-hydrogen) atoms. The number of anilines is 2. The van der Waals surface area contributed by atoms with Crippen molar-refractivity contribution in [3.8, 4) is 11.5 Å². The number of aromatic nitrogens is 1. The molecule has 2 rings (SSSR count). The fraction of sp³-hybridized carbons (Fsp3) is 0.200. The highest BCUT2D eigenvalue weighted by molar-refractivity contribution is 6.07. The molecule has 6 heteroatoms. The average molecular weight is 287 g/mol. The number of hydrogen-bond acceptors (Lipinski definition) is 5. The van der Waals surface area contributed by atoms with Crippen LogP contribution in [0.3, 0.4) is 0 Å². The highest BCUT2D eigenvalue weighted by Gasteiger charge is 2.12. The van der Waals surface area contributed by atoms with Crippen LogP contribution in [0.5, 0.6) is 11.5 Å². The number of hydrogen-bond donors (Lipinski definition) is 2. The smallest absolute Gasteiger partial charge is 0.259 e. The van der Waals surface area contributed by atoms with Gasteiger partial charge in [0.25, 0.3) is 5.91 Å². The van der Waals surface area contributed by atoms with Gasteiger partial charge in [0.2, 0.25) is 0 Å². The fourth-order valence-electron chi connectivity index (χ4n) is 1.91. The first-order valence-corrected chi connectivity index (χ1v) is 6.34. The molecule has 6 nitrogen and oxygen atoms in total. The summed E-state index contributed by atoms with van der Waals surface area (Å²) in [5, 5.41) is 5.76. The minimum Gasteiger partial charge on any atom is -0.493 e. The lowest BCUT2D eigenvalue weighted by molar-refractivity contribution is 0.102. The van der Waals surface area contributed by atoms with Crippen LogP contribution in [-0.4, -0.2) is 32.2 Å². The van der Waals surface area contributed by atoms with Crippen molar-refractivity contribution in [2.75, 3.05) is 31.9 Å². The summed E-state index contributed by atoms with van der Waals surface area (Å²) in [5.74, 6) is 0.905. The maximum Gasteiger partial charge on any atom is 0.259 e. The van der Waals surface area contributed by atoms with E-state index >= 15 is 0 Å². The summed E-state index contributed by atoms with van der Waals surface area (Å²) in [6.45, 7) is 0. The average Bonchev–Trinajstić information content (AvgIpc) is 2.54. The second kappa shape index (κ2) is 6.60. The second-order valence-corrected chi connectivity index (χ2v) is 4.20. The lowest BCUT2D eigenvalue weighted by Gasteiger charge is -2.12. The highest BCUT2D eigenvalue weighted by atomic mass is 16.5. The van der Waals surface area contributed by atoms with Crippen LogP contribution in [0.4, 0.5) is 11.4 Å². The van der Waals surface area contributed by atoms with Crippen molar-refractivity contribution in [1.29, 1.82) is 0 Å². The molecule has 0 aliphatic rings. The number of pyridine rings is 1. The lowest BCUT2D eigenvalue weighted by atomic mass is 10.2. The van der Waals surface area contributed by atoms with Crippen LogP contribution in [0, 0.1) is 0 Å². The summed E-state index contributed by atoms with van der Waals surface area (Å²) in [6, 6.07) is 6.92. The molecule has 0 fully saturated rings. The van der Waals surface area contributed by atoms with E-state index in [0.29, 0.717) is 28.4 Å². The number of benzene rings is 1. The summed E-state index contributed by atoms with van der Waals surface area (Å²) in [4.78, 5) is 16.3. The van der Waals surface area contributed by atoms with Gasteiger partial charge in [-0.05, 0) is 18.2 Å². The Labute approximate surface area is 123 Å². The fourth-order valence-corrected chi connectivity index (χ4v) is 1.91. The quantitative estimate of drug-likeness (QED) is 0.883. The summed E-state index contributed by atoms with van der Waals surface area (Å²) in [7, 11) is 4.86. The molecule has 1 heterocycles. The zero-order valence-corrected chi connectivity index (χ0v) is 12.1. The molecule has 0 saturated carbocycles. The molecule has 1 amide bonds. The zero-order valence-electron chi connectivity index (χ0n) is 12.1. The van der Waals surface area contributed by atoms with Gasteiger partial charge in [-0.2, -0.15) is 0 Å². The maximum atomic E-state index is 12.3. The summed E-state index contributed by atoms with van der Waals surface area (Å²) in [5.41, 5.74) is 1.79. The number of rotatable bonds is 5. The number of methoxy groups -OCH3 is 2. The summed E-state index contributed by atoms with van der Waals surface area (Å²) in [6.07, 6.45) is 3.14. The van der Waals surface area contributed by atoms with Crippen LogP contribution in [0.25, 0.3) is 0 Å². The van der Waals surface area contributed by atoms with E-state index in [4.69, 9.17) is 9.47 Å². The molecule has 110 valence electrons. The Bertz CT molecular complexity index is 644. The third-order valence-electron chi connectivity index (χ3n) is 2.98. The van der Waals surface area contributed by atoms with Crippen molar-refractivity contribution in [2.24, 2.45) is 0 Å². The van der Waals surface area contributed by atoms with E-state index in [1.165, 1.54) is 6.20 Å². The van der Waals surface area contributed by atoms with Crippen molar-refractivity contribution >= 4 is 17.3 Å². The van der Waals surface area contributed by atoms with Crippen LogP contribution < -0.4 is 20.1 Å². The van der Waals surface area contributed by atoms with Crippen molar-refractivity contribution in [3.05, 3.63) is 42.2 Å². The first-order valence-electron chi connectivity index (χ1n) is 6.34. The summed E-state index contributed by atoms with van der Waals surface area (Å²) >= 11 is 0. The van der Waals surface area contributed by atoms with Crippen LogP contribution in [0.1, 0.15) is 10.4 Å². The van der Waals surface area contributed by atoms with Crippen molar-refractivity contribution < 1.29 is 14.3 Å². The van der Waals surface area contributed by atoms with Gasteiger partial charge in [-0.3, -0.25) is 9.78 Å². The van der Waals surface area contributed by atoms with Gasteiger partial charge in [-0.25, -0.2) is 0 Å². The number of nitrogens with zero attached hydrogens (tertiary/aromatic N) is 1. The van der Waals surface area contributed by atoms with E-state index < -0.39 is 0 Å². The van der Waals surface area contributed by atoms with E-state index in [-0.39, 0.29) is 5.91 Å². The monoisotopic (exact) mass is 287 g/mol. The Hall–Kier alpha value is -2.76. The molecule has 0 radical (unpaired) electrons. The van der Waals surface area contributed by atoms with Crippen molar-refractivity contribution in [2.45, 2.75) is 0 Å². The highest BCUT2D eigenvalue weighted by Crippen LogP contribution is 2.30. The molecule has 1 aromatic heterocycles. The zero-order chi connectivity index (χ0) is 15.2. The molecule has 1 aromatic carbocycles. The Morgan fingerprint density at radius 3 is 2.57 bits per heavy atom. The predicted octanol–water partition coefficient (Wildman–Crippen LogP) is 2.39. The van der Waals surface area contributed by atoms with Crippen molar-refractivity contribution in [3.63, 3.8) is 0 Å². The Morgan fingerprint density at radius 1 is 1.14 bits per heavy atom. The molecule has 0 aliphatic carbocycles. The topological polar surface area (TPSA) is 72.5 Å². The third kappa shape index (κ3) is 3.22. The SMILES string of the molecule is CNc1ccncc1C(=O)Nc1ccc(OC)c(OC)c1. The molecular weight excluding hydrogens is 270 g/mol. The van der Waals surface area contributed by atoms with E-state index in [9.17, 15) is 4.79 Å². The Morgan fingerprint density at radius 2 is 1.90 bits per heavy atom. The maximum absolute atomic E-state index is 12.3. The molecule has 0 atom stereocenters. The van der Waals surface area contributed by atoms with Gasteiger partial charge < -0.3 is 20.1 Å². The lowest BCUT2D eigenvalue weighted by Crippen LogP contribution is -2.14. The molecule has 0 bridgehead atoms. The molecule has 0 spiro atoms.